The summed E-state index contributed by atoms with van der Waals surface area (Å²) < 4.78 is 48.2. The molecule has 1 amide bonds. The smallest absolute Gasteiger partial charge is 0.480 e. The Morgan fingerprint density at radius 2 is 2.12 bits per heavy atom. The van der Waals surface area contributed by atoms with E-state index in [1.54, 1.807) is 35.3 Å². The minimum Gasteiger partial charge on any atom is -0.480 e. The summed E-state index contributed by atoms with van der Waals surface area (Å²) in [7, 11) is 0. The Labute approximate surface area is 193 Å². The third-order valence-electron chi connectivity index (χ3n) is 5.76. The molecule has 11 heteroatoms. The number of nitrogens with zero attached hydrogens (tertiary/aromatic N) is 2. The quantitative estimate of drug-likeness (QED) is 0.613. The van der Waals surface area contributed by atoms with Crippen LogP contribution in [0.15, 0.2) is 43.0 Å². The van der Waals surface area contributed by atoms with Gasteiger partial charge in [-0.15, -0.1) is 13.2 Å². The fourth-order valence-corrected chi connectivity index (χ4v) is 4.13. The van der Waals surface area contributed by atoms with Crippen LogP contribution in [0.1, 0.15) is 49.1 Å². The average molecular weight is 486 g/mol. The molecule has 4 rings (SSSR count). The van der Waals surface area contributed by atoms with E-state index >= 15 is 0 Å². The zero-order chi connectivity index (χ0) is 23.8. The Morgan fingerprint density at radius 3 is 2.85 bits per heavy atom. The van der Waals surface area contributed by atoms with Crippen molar-refractivity contribution >= 4 is 17.5 Å². The van der Waals surface area contributed by atoms with Gasteiger partial charge in [0.15, 0.2) is 6.10 Å². The molecule has 0 radical (unpaired) electrons. The van der Waals surface area contributed by atoms with Crippen LogP contribution in [-0.2, 0) is 16.0 Å². The van der Waals surface area contributed by atoms with Crippen LogP contribution in [0.25, 0.3) is 0 Å². The molecule has 1 fully saturated rings. The van der Waals surface area contributed by atoms with E-state index < -0.39 is 30.6 Å². The molecule has 0 saturated heterocycles. The summed E-state index contributed by atoms with van der Waals surface area (Å²) in [5.41, 5.74) is 1.75. The van der Waals surface area contributed by atoms with Gasteiger partial charge in [0, 0.05) is 34.9 Å². The van der Waals surface area contributed by atoms with Crippen molar-refractivity contribution in [3.05, 3.63) is 59.3 Å². The van der Waals surface area contributed by atoms with Crippen molar-refractivity contribution < 1.29 is 32.5 Å². The highest BCUT2D eigenvalue weighted by atomic mass is 35.5. The second-order valence-corrected chi connectivity index (χ2v) is 8.69. The van der Waals surface area contributed by atoms with Gasteiger partial charge in [-0.2, -0.15) is 0 Å². The molecule has 33 heavy (non-hydrogen) atoms. The number of nitrogens with one attached hydrogen (secondary N) is 1. The number of fused-ring (bicyclic) bond motifs is 1. The molecule has 1 aromatic carbocycles. The molecule has 7 nitrogen and oxygen atoms in total. The van der Waals surface area contributed by atoms with E-state index in [9.17, 15) is 23.1 Å². The number of hydrogen-bond donors (Lipinski definition) is 2. The lowest BCUT2D eigenvalue weighted by Gasteiger charge is -2.35. The van der Waals surface area contributed by atoms with Crippen molar-refractivity contribution in [2.75, 3.05) is 0 Å². The number of rotatable bonds is 7. The van der Waals surface area contributed by atoms with Gasteiger partial charge in [-0.05, 0) is 43.9 Å². The van der Waals surface area contributed by atoms with Crippen LogP contribution in [0.2, 0.25) is 5.02 Å². The molecule has 0 bridgehead atoms. The van der Waals surface area contributed by atoms with E-state index in [1.165, 1.54) is 0 Å². The SMILES string of the molecule is C=C(CCc1cn(C2CC(OC(F)(F)F)C2)cn1)NC(=O)[C@H]1C[C@@H](O)c2cc(Cl)ccc2O1. The summed E-state index contributed by atoms with van der Waals surface area (Å²) in [6.45, 7) is 3.87. The number of imidazole rings is 1. The van der Waals surface area contributed by atoms with Crippen LogP contribution in [0, 0.1) is 0 Å². The van der Waals surface area contributed by atoms with Crippen molar-refractivity contribution in [3.8, 4) is 5.75 Å². The summed E-state index contributed by atoms with van der Waals surface area (Å²) in [4.78, 5) is 16.8. The molecule has 1 aliphatic carbocycles. The number of carbonyl (C=O) groups excluding carboxylic acids is 1. The average Bonchev–Trinajstić information content (AvgIpc) is 3.17. The lowest BCUT2D eigenvalue weighted by Crippen LogP contribution is -2.41. The standard InChI is InChI=1S/C22H23ClF3N3O4/c1-12(28-21(31)20-9-18(30)17-6-13(23)3-5-19(17)32-20)2-4-14-10-29(11-27-14)15-7-16(8-15)33-22(24,25)26/h3,5-6,10-11,15-16,18,20,30H,1-2,4,7-9H2,(H,28,31)/t15?,16?,18-,20-/m1/s1. The number of carbonyl (C=O) groups is 1. The number of aromatic nitrogens is 2. The highest BCUT2D eigenvalue weighted by molar-refractivity contribution is 6.30. The fourth-order valence-electron chi connectivity index (χ4n) is 3.95. The van der Waals surface area contributed by atoms with Gasteiger partial charge < -0.3 is 19.7 Å². The normalized spacial score (nSPS) is 24.4. The van der Waals surface area contributed by atoms with Crippen LogP contribution < -0.4 is 10.1 Å². The van der Waals surface area contributed by atoms with E-state index in [1.807, 2.05) is 0 Å². The second kappa shape index (κ2) is 9.36. The van der Waals surface area contributed by atoms with Crippen molar-refractivity contribution in [2.24, 2.45) is 0 Å². The number of alkyl halides is 3. The second-order valence-electron chi connectivity index (χ2n) is 8.26. The summed E-state index contributed by atoms with van der Waals surface area (Å²) in [5, 5.41) is 13.5. The fraction of sp³-hybridized carbons (Fsp3) is 0.455. The number of ether oxygens (including phenoxy) is 2. The molecule has 2 aromatic rings. The highest BCUT2D eigenvalue weighted by Gasteiger charge is 2.40. The number of allylic oxidation sites excluding steroid dienone is 1. The molecule has 2 N–H and O–H groups in total. The number of aryl methyl sites for hydroxylation is 1. The molecule has 1 saturated carbocycles. The Bertz CT molecular complexity index is 1040. The largest absolute Gasteiger partial charge is 0.522 e. The van der Waals surface area contributed by atoms with E-state index in [0.717, 1.165) is 5.69 Å². The van der Waals surface area contributed by atoms with Gasteiger partial charge in [0.25, 0.3) is 5.91 Å². The van der Waals surface area contributed by atoms with Crippen molar-refractivity contribution in [2.45, 2.75) is 62.8 Å². The monoisotopic (exact) mass is 485 g/mol. The Morgan fingerprint density at radius 1 is 1.36 bits per heavy atom. The Hall–Kier alpha value is -2.56. The number of aliphatic hydroxyl groups excluding tert-OH is 1. The van der Waals surface area contributed by atoms with Gasteiger partial charge in [-0.3, -0.25) is 9.53 Å². The van der Waals surface area contributed by atoms with Crippen LogP contribution in [-0.4, -0.2) is 39.1 Å². The van der Waals surface area contributed by atoms with E-state index in [4.69, 9.17) is 16.3 Å². The maximum Gasteiger partial charge on any atom is 0.522 e. The first-order valence-electron chi connectivity index (χ1n) is 10.5. The summed E-state index contributed by atoms with van der Waals surface area (Å²) in [6.07, 6.45) is -2.22. The van der Waals surface area contributed by atoms with E-state index in [2.05, 4.69) is 21.6 Å². The molecule has 2 atom stereocenters. The molecule has 2 heterocycles. The first kappa shape index (κ1) is 23.6. The maximum absolute atomic E-state index is 12.6. The number of amides is 1. The first-order chi connectivity index (χ1) is 15.6. The van der Waals surface area contributed by atoms with Gasteiger partial charge in [-0.25, -0.2) is 4.98 Å². The lowest BCUT2D eigenvalue weighted by molar-refractivity contribution is -0.353. The highest BCUT2D eigenvalue weighted by Crippen LogP contribution is 2.38. The van der Waals surface area contributed by atoms with Crippen LogP contribution in [0.5, 0.6) is 5.75 Å². The number of aliphatic hydroxyl groups is 1. The molecule has 1 aromatic heterocycles. The zero-order valence-electron chi connectivity index (χ0n) is 17.5. The van der Waals surface area contributed by atoms with Crippen LogP contribution >= 0.6 is 11.6 Å². The third-order valence-corrected chi connectivity index (χ3v) is 5.99. The molecule has 0 unspecified atom stereocenters. The first-order valence-corrected chi connectivity index (χ1v) is 10.8. The third kappa shape index (κ3) is 5.87. The molecule has 0 spiro atoms. The Balaban J connectivity index is 1.23. The lowest BCUT2D eigenvalue weighted by atomic mass is 9.89. The molecular weight excluding hydrogens is 463 g/mol. The molecule has 178 valence electrons. The van der Waals surface area contributed by atoms with Crippen molar-refractivity contribution in [1.82, 2.24) is 14.9 Å². The molecular formula is C22H23ClF3N3O4. The molecule has 1 aliphatic heterocycles. The van der Waals surface area contributed by atoms with Crippen molar-refractivity contribution in [1.29, 1.82) is 0 Å². The predicted molar refractivity (Wildman–Crippen MR) is 112 cm³/mol. The van der Waals surface area contributed by atoms with Crippen molar-refractivity contribution in [3.63, 3.8) is 0 Å². The molecule has 2 aliphatic rings. The summed E-state index contributed by atoms with van der Waals surface area (Å²) in [6, 6.07) is 4.78. The van der Waals surface area contributed by atoms with E-state index in [-0.39, 0.29) is 25.3 Å². The summed E-state index contributed by atoms with van der Waals surface area (Å²) >= 11 is 5.94. The minimum atomic E-state index is -4.61. The van der Waals surface area contributed by atoms with Gasteiger partial charge in [-0.1, -0.05) is 18.2 Å². The van der Waals surface area contributed by atoms with Gasteiger partial charge >= 0.3 is 6.36 Å². The number of benzene rings is 1. The van der Waals surface area contributed by atoms with Crippen LogP contribution in [0.3, 0.4) is 0 Å². The minimum absolute atomic E-state index is 0.0749. The van der Waals surface area contributed by atoms with Crippen LogP contribution in [0.4, 0.5) is 13.2 Å². The van der Waals surface area contributed by atoms with E-state index in [0.29, 0.717) is 34.9 Å². The Kier molecular flexibility index (Phi) is 6.69. The van der Waals surface area contributed by atoms with Gasteiger partial charge in [0.2, 0.25) is 0 Å². The van der Waals surface area contributed by atoms with Gasteiger partial charge in [0.05, 0.1) is 24.2 Å². The summed E-state index contributed by atoms with van der Waals surface area (Å²) in [5.74, 6) is 0.00340. The zero-order valence-corrected chi connectivity index (χ0v) is 18.3. The number of halogens is 4. The predicted octanol–water partition coefficient (Wildman–Crippen LogP) is 4.22. The maximum atomic E-state index is 12.6. The number of hydrogen-bond acceptors (Lipinski definition) is 5. The topological polar surface area (TPSA) is 85.6 Å². The van der Waals surface area contributed by atoms with Gasteiger partial charge in [0.1, 0.15) is 5.75 Å².